The van der Waals surface area contributed by atoms with Gasteiger partial charge in [-0.15, -0.1) is 0 Å². The first-order valence-electron chi connectivity index (χ1n) is 6.99. The second kappa shape index (κ2) is 6.33. The molecule has 134 valence electrons. The van der Waals surface area contributed by atoms with E-state index in [9.17, 15) is 36.2 Å². The van der Waals surface area contributed by atoms with Crippen LogP contribution in [0.25, 0.3) is 0 Å². The maximum absolute atomic E-state index is 12.9. The van der Waals surface area contributed by atoms with Crippen LogP contribution in [0, 0.1) is 0 Å². The minimum atomic E-state index is -5.94. The Hall–Kier alpha value is -1.25. The molecule has 1 N–H and O–H groups in total. The van der Waals surface area contributed by atoms with Crippen LogP contribution in [0.1, 0.15) is 45.4 Å². The van der Waals surface area contributed by atoms with Crippen molar-refractivity contribution in [2.24, 2.45) is 0 Å². The van der Waals surface area contributed by atoms with E-state index in [4.69, 9.17) is 4.74 Å². The summed E-state index contributed by atoms with van der Waals surface area (Å²) in [5.74, 6) is -1.07. The zero-order chi connectivity index (χ0) is 18.1. The summed E-state index contributed by atoms with van der Waals surface area (Å²) in [5.41, 5.74) is -7.10. The first-order chi connectivity index (χ1) is 10.2. The molecule has 0 amide bonds. The van der Waals surface area contributed by atoms with Crippen molar-refractivity contribution in [2.45, 2.75) is 69.0 Å². The average molecular weight is 348 g/mol. The SMILES string of the molecule is C=C(C)C(=O)OC1(CC(O)(C(F)(F)F)C(F)(F)F)CCCCC1. The number of hydrogen-bond donors (Lipinski definition) is 1. The minimum absolute atomic E-state index is 0.141. The number of alkyl halides is 6. The fraction of sp³-hybridized carbons (Fsp3) is 0.786. The summed E-state index contributed by atoms with van der Waals surface area (Å²) in [5, 5.41) is 9.39. The summed E-state index contributed by atoms with van der Waals surface area (Å²) < 4.78 is 82.3. The molecule has 0 heterocycles. The molecule has 0 aromatic rings. The maximum atomic E-state index is 12.9. The third-order valence-corrected chi connectivity index (χ3v) is 3.94. The van der Waals surface area contributed by atoms with E-state index in [2.05, 4.69) is 6.58 Å². The Balaban J connectivity index is 3.21. The van der Waals surface area contributed by atoms with Crippen LogP contribution in [0.5, 0.6) is 0 Å². The highest BCUT2D eigenvalue weighted by Gasteiger charge is 2.72. The Bertz CT molecular complexity index is 446. The molecule has 1 fully saturated rings. The number of halogens is 6. The van der Waals surface area contributed by atoms with Crippen LogP contribution in [0.4, 0.5) is 26.3 Å². The van der Waals surface area contributed by atoms with Crippen molar-refractivity contribution < 1.29 is 41.0 Å². The largest absolute Gasteiger partial charge is 0.456 e. The number of hydrogen-bond acceptors (Lipinski definition) is 3. The Kier molecular flexibility index (Phi) is 5.45. The van der Waals surface area contributed by atoms with Crippen molar-refractivity contribution in [3.05, 3.63) is 12.2 Å². The summed E-state index contributed by atoms with van der Waals surface area (Å²) in [6.07, 6.45) is -12.8. The molecule has 1 aliphatic rings. The number of esters is 1. The third-order valence-electron chi connectivity index (χ3n) is 3.94. The molecule has 3 nitrogen and oxygen atoms in total. The molecule has 23 heavy (non-hydrogen) atoms. The predicted molar refractivity (Wildman–Crippen MR) is 68.4 cm³/mol. The van der Waals surface area contributed by atoms with E-state index in [-0.39, 0.29) is 18.4 Å². The Labute approximate surface area is 129 Å². The maximum Gasteiger partial charge on any atom is 0.426 e. The molecule has 0 saturated heterocycles. The Morgan fingerprint density at radius 1 is 1.09 bits per heavy atom. The fourth-order valence-electron chi connectivity index (χ4n) is 2.62. The second-order valence-corrected chi connectivity index (χ2v) is 5.95. The first-order valence-corrected chi connectivity index (χ1v) is 6.99. The third kappa shape index (κ3) is 4.19. The van der Waals surface area contributed by atoms with E-state index in [0.717, 1.165) is 0 Å². The lowest BCUT2D eigenvalue weighted by molar-refractivity contribution is -0.379. The van der Waals surface area contributed by atoms with Crippen LogP contribution in [0.2, 0.25) is 0 Å². The molecular weight excluding hydrogens is 330 g/mol. The van der Waals surface area contributed by atoms with Gasteiger partial charge in [-0.3, -0.25) is 0 Å². The molecule has 0 unspecified atom stereocenters. The van der Waals surface area contributed by atoms with Gasteiger partial charge in [-0.1, -0.05) is 13.0 Å². The molecule has 0 atom stereocenters. The van der Waals surface area contributed by atoms with Crippen molar-refractivity contribution in [1.82, 2.24) is 0 Å². The van der Waals surface area contributed by atoms with Crippen molar-refractivity contribution in [3.63, 3.8) is 0 Å². The molecule has 1 saturated carbocycles. The lowest BCUT2D eigenvalue weighted by Crippen LogP contribution is -2.61. The number of ether oxygens (including phenoxy) is 1. The van der Waals surface area contributed by atoms with Crippen LogP contribution in [-0.4, -0.2) is 34.6 Å². The molecule has 9 heteroatoms. The molecule has 0 aromatic carbocycles. The van der Waals surface area contributed by atoms with Crippen molar-refractivity contribution in [2.75, 3.05) is 0 Å². The summed E-state index contributed by atoms with van der Waals surface area (Å²) in [7, 11) is 0. The van der Waals surface area contributed by atoms with Gasteiger partial charge in [-0.2, -0.15) is 26.3 Å². The minimum Gasteiger partial charge on any atom is -0.456 e. The van der Waals surface area contributed by atoms with Gasteiger partial charge in [0, 0.05) is 12.0 Å². The van der Waals surface area contributed by atoms with Crippen molar-refractivity contribution in [1.29, 1.82) is 0 Å². The standard InChI is InChI=1S/C14H18F6O3/c1-9(2)10(21)23-11(6-4-3-5-7-11)8-12(22,13(15,16)17)14(18,19)20/h22H,1,3-8H2,2H3. The fourth-order valence-corrected chi connectivity index (χ4v) is 2.62. The van der Waals surface area contributed by atoms with Crippen LogP contribution >= 0.6 is 0 Å². The van der Waals surface area contributed by atoms with Crippen LogP contribution < -0.4 is 0 Å². The molecular formula is C14H18F6O3. The average Bonchev–Trinajstić information content (AvgIpc) is 2.36. The van der Waals surface area contributed by atoms with Gasteiger partial charge in [0.05, 0.1) is 0 Å². The number of rotatable bonds is 4. The van der Waals surface area contributed by atoms with Crippen molar-refractivity contribution in [3.8, 4) is 0 Å². The van der Waals surface area contributed by atoms with E-state index in [1.165, 1.54) is 6.92 Å². The van der Waals surface area contributed by atoms with E-state index in [1.807, 2.05) is 0 Å². The summed E-state index contributed by atoms with van der Waals surface area (Å²) in [6.45, 7) is 4.50. The zero-order valence-electron chi connectivity index (χ0n) is 12.5. The van der Waals surface area contributed by atoms with Gasteiger partial charge in [0.2, 0.25) is 0 Å². The molecule has 1 rings (SSSR count). The summed E-state index contributed by atoms with van der Waals surface area (Å²) in [4.78, 5) is 11.6. The molecule has 0 spiro atoms. The molecule has 0 bridgehead atoms. The highest BCUT2D eigenvalue weighted by molar-refractivity contribution is 5.87. The molecule has 1 aliphatic carbocycles. The summed E-state index contributed by atoms with van der Waals surface area (Å²) >= 11 is 0. The van der Waals surface area contributed by atoms with E-state index < -0.39 is 35.9 Å². The van der Waals surface area contributed by atoms with Gasteiger partial charge < -0.3 is 9.84 Å². The summed E-state index contributed by atoms with van der Waals surface area (Å²) in [6, 6.07) is 0. The lowest BCUT2D eigenvalue weighted by atomic mass is 9.76. The van der Waals surface area contributed by atoms with Crippen molar-refractivity contribution >= 4 is 5.97 Å². The zero-order valence-corrected chi connectivity index (χ0v) is 12.5. The van der Waals surface area contributed by atoms with Crippen LogP contribution in [-0.2, 0) is 9.53 Å². The Morgan fingerprint density at radius 3 is 1.87 bits per heavy atom. The van der Waals surface area contributed by atoms with Gasteiger partial charge in [-0.25, -0.2) is 4.79 Å². The van der Waals surface area contributed by atoms with E-state index >= 15 is 0 Å². The van der Waals surface area contributed by atoms with Crippen LogP contribution in [0.3, 0.4) is 0 Å². The van der Waals surface area contributed by atoms with Gasteiger partial charge in [0.25, 0.3) is 5.60 Å². The smallest absolute Gasteiger partial charge is 0.426 e. The van der Waals surface area contributed by atoms with Gasteiger partial charge in [0.1, 0.15) is 5.60 Å². The highest BCUT2D eigenvalue weighted by atomic mass is 19.4. The van der Waals surface area contributed by atoms with Crippen LogP contribution in [0.15, 0.2) is 12.2 Å². The second-order valence-electron chi connectivity index (χ2n) is 5.95. The Morgan fingerprint density at radius 2 is 1.52 bits per heavy atom. The topological polar surface area (TPSA) is 46.5 Å². The molecule has 0 aromatic heterocycles. The number of carbonyl (C=O) groups is 1. The van der Waals surface area contributed by atoms with E-state index in [1.54, 1.807) is 0 Å². The normalized spacial score (nSPS) is 19.3. The first kappa shape index (κ1) is 19.8. The van der Waals surface area contributed by atoms with Gasteiger partial charge in [-0.05, 0) is 32.6 Å². The number of aliphatic hydroxyl groups is 1. The van der Waals surface area contributed by atoms with Gasteiger partial charge in [0.15, 0.2) is 0 Å². The van der Waals surface area contributed by atoms with E-state index in [0.29, 0.717) is 19.3 Å². The highest BCUT2D eigenvalue weighted by Crippen LogP contribution is 2.50. The van der Waals surface area contributed by atoms with Gasteiger partial charge >= 0.3 is 18.3 Å². The quantitative estimate of drug-likeness (QED) is 0.474. The molecule has 0 aliphatic heterocycles. The number of carbonyl (C=O) groups excluding carboxylic acids is 1. The lowest BCUT2D eigenvalue weighted by Gasteiger charge is -2.43. The monoisotopic (exact) mass is 348 g/mol. The predicted octanol–water partition coefficient (Wildman–Crippen LogP) is 4.05. The molecule has 0 radical (unpaired) electrons.